The Kier molecular flexibility index (Phi) is 4.76. The van der Waals surface area contributed by atoms with Gasteiger partial charge >= 0.3 is 5.97 Å². The SMILES string of the molecule is O=C(O)C1CCC(CCOCc2ccccc2)c2[nH]c3ccccc3c21. The lowest BCUT2D eigenvalue weighted by atomic mass is 9.78. The molecular weight excluding hydrogens is 326 g/mol. The number of aromatic nitrogens is 1. The van der Waals surface area contributed by atoms with Crippen LogP contribution in [0.15, 0.2) is 54.6 Å². The third-order valence-corrected chi connectivity index (χ3v) is 5.36. The summed E-state index contributed by atoms with van der Waals surface area (Å²) in [5, 5.41) is 10.7. The number of carbonyl (C=O) groups is 1. The molecule has 4 rings (SSSR count). The Morgan fingerprint density at radius 1 is 1.08 bits per heavy atom. The number of fused-ring (bicyclic) bond motifs is 3. The maximum Gasteiger partial charge on any atom is 0.311 e. The molecule has 0 radical (unpaired) electrons. The van der Waals surface area contributed by atoms with Gasteiger partial charge in [0.25, 0.3) is 0 Å². The van der Waals surface area contributed by atoms with E-state index in [1.807, 2.05) is 42.5 Å². The molecule has 4 heteroatoms. The highest BCUT2D eigenvalue weighted by Crippen LogP contribution is 2.44. The normalized spacial score (nSPS) is 19.4. The largest absolute Gasteiger partial charge is 0.481 e. The Morgan fingerprint density at radius 3 is 2.65 bits per heavy atom. The van der Waals surface area contributed by atoms with Crippen LogP contribution in [0.5, 0.6) is 0 Å². The Hall–Kier alpha value is -2.59. The first kappa shape index (κ1) is 16.9. The summed E-state index contributed by atoms with van der Waals surface area (Å²) in [7, 11) is 0. The molecule has 1 aliphatic rings. The molecule has 2 atom stereocenters. The number of rotatable bonds is 6. The molecule has 2 aromatic carbocycles. The van der Waals surface area contributed by atoms with Gasteiger partial charge in [0, 0.05) is 29.1 Å². The van der Waals surface area contributed by atoms with E-state index in [9.17, 15) is 9.90 Å². The second-order valence-corrected chi connectivity index (χ2v) is 6.99. The molecule has 1 aliphatic carbocycles. The van der Waals surface area contributed by atoms with Crippen LogP contribution in [0.25, 0.3) is 10.9 Å². The van der Waals surface area contributed by atoms with Gasteiger partial charge in [0.2, 0.25) is 0 Å². The van der Waals surface area contributed by atoms with Gasteiger partial charge in [-0.3, -0.25) is 4.79 Å². The molecule has 0 fully saturated rings. The van der Waals surface area contributed by atoms with Gasteiger partial charge in [0.1, 0.15) is 0 Å². The van der Waals surface area contributed by atoms with Crippen molar-refractivity contribution in [2.75, 3.05) is 6.61 Å². The summed E-state index contributed by atoms with van der Waals surface area (Å²) in [5.74, 6) is -0.818. The van der Waals surface area contributed by atoms with Gasteiger partial charge in [-0.2, -0.15) is 0 Å². The predicted molar refractivity (Wildman–Crippen MR) is 101 cm³/mol. The van der Waals surface area contributed by atoms with Gasteiger partial charge in [-0.05, 0) is 36.5 Å². The first-order chi connectivity index (χ1) is 12.7. The van der Waals surface area contributed by atoms with E-state index in [0.717, 1.165) is 35.0 Å². The van der Waals surface area contributed by atoms with Crippen LogP contribution >= 0.6 is 0 Å². The Bertz CT molecular complexity index is 900. The lowest BCUT2D eigenvalue weighted by Gasteiger charge is -2.27. The van der Waals surface area contributed by atoms with E-state index in [1.54, 1.807) is 0 Å². The number of nitrogens with one attached hydrogen (secondary N) is 1. The fourth-order valence-electron chi connectivity index (χ4n) is 4.06. The van der Waals surface area contributed by atoms with Gasteiger partial charge in [-0.15, -0.1) is 0 Å². The number of H-pyrrole nitrogens is 1. The third-order valence-electron chi connectivity index (χ3n) is 5.36. The standard InChI is InChI=1S/C22H23NO3/c24-22(25)18-11-10-16(12-13-26-14-15-6-2-1-3-7-15)21-20(18)17-8-4-5-9-19(17)23-21/h1-9,16,18,23H,10-14H2,(H,24,25). The first-order valence-corrected chi connectivity index (χ1v) is 9.19. The molecule has 134 valence electrons. The molecule has 0 spiro atoms. The zero-order valence-electron chi connectivity index (χ0n) is 14.7. The molecule has 1 heterocycles. The molecule has 3 aromatic rings. The van der Waals surface area contributed by atoms with Crippen molar-refractivity contribution in [2.45, 2.75) is 37.7 Å². The second kappa shape index (κ2) is 7.34. The summed E-state index contributed by atoms with van der Waals surface area (Å²) >= 11 is 0. The van der Waals surface area contributed by atoms with Crippen LogP contribution < -0.4 is 0 Å². The number of benzene rings is 2. The maximum atomic E-state index is 11.7. The minimum absolute atomic E-state index is 0.323. The van der Waals surface area contributed by atoms with E-state index in [-0.39, 0.29) is 0 Å². The molecule has 4 nitrogen and oxygen atoms in total. The van der Waals surface area contributed by atoms with Gasteiger partial charge in [-0.1, -0.05) is 48.5 Å². The molecule has 2 unspecified atom stereocenters. The van der Waals surface area contributed by atoms with Crippen molar-refractivity contribution in [3.63, 3.8) is 0 Å². The molecule has 0 aliphatic heterocycles. The number of aliphatic carboxylic acids is 1. The second-order valence-electron chi connectivity index (χ2n) is 6.99. The van der Waals surface area contributed by atoms with E-state index in [0.29, 0.717) is 25.6 Å². The van der Waals surface area contributed by atoms with Crippen molar-refractivity contribution < 1.29 is 14.6 Å². The number of aromatic amines is 1. The van der Waals surface area contributed by atoms with E-state index in [2.05, 4.69) is 17.1 Å². The van der Waals surface area contributed by atoms with Crippen LogP contribution in [-0.2, 0) is 16.1 Å². The van der Waals surface area contributed by atoms with Crippen molar-refractivity contribution in [1.29, 1.82) is 0 Å². The zero-order valence-corrected chi connectivity index (χ0v) is 14.7. The fourth-order valence-corrected chi connectivity index (χ4v) is 4.06. The highest BCUT2D eigenvalue weighted by atomic mass is 16.5. The summed E-state index contributed by atoms with van der Waals surface area (Å²) < 4.78 is 5.86. The first-order valence-electron chi connectivity index (χ1n) is 9.19. The molecule has 0 saturated heterocycles. The smallest absolute Gasteiger partial charge is 0.311 e. The molecule has 2 N–H and O–H groups in total. The van der Waals surface area contributed by atoms with Crippen molar-refractivity contribution in [1.82, 2.24) is 4.98 Å². The molecule has 0 saturated carbocycles. The summed E-state index contributed by atoms with van der Waals surface area (Å²) in [6.45, 7) is 1.29. The monoisotopic (exact) mass is 349 g/mol. The van der Waals surface area contributed by atoms with Crippen molar-refractivity contribution in [3.8, 4) is 0 Å². The number of carboxylic acid groups (broad SMARTS) is 1. The highest BCUT2D eigenvalue weighted by molar-refractivity contribution is 5.91. The molecule has 26 heavy (non-hydrogen) atoms. The number of para-hydroxylation sites is 1. The van der Waals surface area contributed by atoms with Gasteiger partial charge < -0.3 is 14.8 Å². The van der Waals surface area contributed by atoms with Crippen LogP contribution in [0.2, 0.25) is 0 Å². The Balaban J connectivity index is 1.50. The van der Waals surface area contributed by atoms with Crippen molar-refractivity contribution >= 4 is 16.9 Å². The fraction of sp³-hybridized carbons (Fsp3) is 0.318. The number of hydrogen-bond acceptors (Lipinski definition) is 2. The number of ether oxygens (including phenoxy) is 1. The molecular formula is C22H23NO3. The average molecular weight is 349 g/mol. The minimum atomic E-state index is -0.727. The summed E-state index contributed by atoms with van der Waals surface area (Å²) in [4.78, 5) is 15.2. The maximum absolute atomic E-state index is 11.7. The van der Waals surface area contributed by atoms with E-state index >= 15 is 0 Å². The third kappa shape index (κ3) is 3.25. The lowest BCUT2D eigenvalue weighted by Crippen LogP contribution is -2.21. The van der Waals surface area contributed by atoms with E-state index in [4.69, 9.17) is 4.74 Å². The van der Waals surface area contributed by atoms with Gasteiger partial charge in [-0.25, -0.2) is 0 Å². The summed E-state index contributed by atoms with van der Waals surface area (Å²) in [6.07, 6.45) is 2.47. The van der Waals surface area contributed by atoms with Crippen LogP contribution in [-0.4, -0.2) is 22.7 Å². The molecule has 0 bridgehead atoms. The van der Waals surface area contributed by atoms with Crippen molar-refractivity contribution in [2.24, 2.45) is 0 Å². The van der Waals surface area contributed by atoms with Gasteiger partial charge in [0.15, 0.2) is 0 Å². The number of hydrogen-bond donors (Lipinski definition) is 2. The van der Waals surface area contributed by atoms with Crippen molar-refractivity contribution in [3.05, 3.63) is 71.4 Å². The zero-order chi connectivity index (χ0) is 17.9. The molecule has 1 aromatic heterocycles. The summed E-state index contributed by atoms with van der Waals surface area (Å²) in [5.41, 5.74) is 4.27. The van der Waals surface area contributed by atoms with E-state index < -0.39 is 11.9 Å². The highest BCUT2D eigenvalue weighted by Gasteiger charge is 2.34. The van der Waals surface area contributed by atoms with E-state index in [1.165, 1.54) is 5.56 Å². The lowest BCUT2D eigenvalue weighted by molar-refractivity contribution is -0.139. The molecule has 0 amide bonds. The van der Waals surface area contributed by atoms with Crippen LogP contribution in [0.4, 0.5) is 0 Å². The van der Waals surface area contributed by atoms with Crippen LogP contribution in [0, 0.1) is 0 Å². The minimum Gasteiger partial charge on any atom is -0.481 e. The van der Waals surface area contributed by atoms with Crippen LogP contribution in [0.3, 0.4) is 0 Å². The van der Waals surface area contributed by atoms with Gasteiger partial charge in [0.05, 0.1) is 12.5 Å². The number of carboxylic acids is 1. The average Bonchev–Trinajstić information content (AvgIpc) is 3.06. The Morgan fingerprint density at radius 2 is 1.85 bits per heavy atom. The van der Waals surface area contributed by atoms with Crippen LogP contribution in [0.1, 0.15) is 47.9 Å². The summed E-state index contributed by atoms with van der Waals surface area (Å²) in [6, 6.07) is 18.2. The Labute approximate surface area is 152 Å². The topological polar surface area (TPSA) is 62.3 Å². The predicted octanol–water partition coefficient (Wildman–Crippen LogP) is 4.82. The quantitative estimate of drug-likeness (QED) is 0.627.